The summed E-state index contributed by atoms with van der Waals surface area (Å²) in [6.45, 7) is 4.48. The average molecular weight is 271 g/mol. The van der Waals surface area contributed by atoms with Crippen molar-refractivity contribution in [2.45, 2.75) is 45.6 Å². The van der Waals surface area contributed by atoms with Crippen LogP contribution >= 0.6 is 11.6 Å². The smallest absolute Gasteiger partial charge is 0.173 e. The Labute approximate surface area is 113 Å². The number of benzene rings is 1. The second-order valence-corrected chi connectivity index (χ2v) is 6.01. The molecule has 0 aliphatic heterocycles. The minimum absolute atomic E-state index is 0.114. The van der Waals surface area contributed by atoms with E-state index in [1.54, 1.807) is 12.1 Å². The van der Waals surface area contributed by atoms with Gasteiger partial charge < -0.3 is 4.74 Å². The van der Waals surface area contributed by atoms with Crippen LogP contribution in [-0.2, 0) is 0 Å². The third kappa shape index (κ3) is 3.38. The summed E-state index contributed by atoms with van der Waals surface area (Å²) in [4.78, 5) is 0. The van der Waals surface area contributed by atoms with Crippen molar-refractivity contribution in [1.29, 1.82) is 0 Å². The Balaban J connectivity index is 1.95. The molecule has 1 fully saturated rings. The predicted octanol–water partition coefficient (Wildman–Crippen LogP) is 5.07. The van der Waals surface area contributed by atoms with Gasteiger partial charge in [-0.3, -0.25) is 0 Å². The van der Waals surface area contributed by atoms with Crippen LogP contribution in [0, 0.1) is 17.7 Å². The highest BCUT2D eigenvalue weighted by Crippen LogP contribution is 2.36. The summed E-state index contributed by atoms with van der Waals surface area (Å²) < 4.78 is 19.3. The lowest BCUT2D eigenvalue weighted by molar-refractivity contribution is 0.193. The molecule has 1 saturated carbocycles. The van der Waals surface area contributed by atoms with Crippen LogP contribution in [-0.4, -0.2) is 6.10 Å². The summed E-state index contributed by atoms with van der Waals surface area (Å²) in [5.41, 5.74) is 0. The molecule has 0 amide bonds. The van der Waals surface area contributed by atoms with Crippen molar-refractivity contribution in [3.05, 3.63) is 29.0 Å². The number of rotatable bonds is 4. The Morgan fingerprint density at radius 1 is 1.39 bits per heavy atom. The van der Waals surface area contributed by atoms with E-state index >= 15 is 0 Å². The predicted molar refractivity (Wildman–Crippen MR) is 72.6 cm³/mol. The topological polar surface area (TPSA) is 9.23 Å². The monoisotopic (exact) mass is 270 g/mol. The molecule has 1 aromatic carbocycles. The zero-order valence-electron chi connectivity index (χ0n) is 11.0. The van der Waals surface area contributed by atoms with Crippen LogP contribution in [0.2, 0.25) is 5.02 Å². The van der Waals surface area contributed by atoms with Crippen LogP contribution in [0.4, 0.5) is 4.39 Å². The molecule has 0 saturated heterocycles. The van der Waals surface area contributed by atoms with Crippen LogP contribution in [0.3, 0.4) is 0 Å². The Morgan fingerprint density at radius 3 is 2.83 bits per heavy atom. The lowest BCUT2D eigenvalue weighted by Crippen LogP contribution is -2.13. The zero-order chi connectivity index (χ0) is 13.1. The standard InChI is InChI=1S/C15H20ClFO/c1-10(2)8-11-6-7-12(9-11)18-15-13(16)4-3-5-14(15)17/h3-5,10-12H,6-9H2,1-2H3/t11-,12-/m0/s1. The molecule has 1 aliphatic carbocycles. The number of ether oxygens (including phenoxy) is 1. The van der Waals surface area contributed by atoms with Crippen LogP contribution in [0.5, 0.6) is 5.75 Å². The van der Waals surface area contributed by atoms with Crippen LogP contribution in [0.1, 0.15) is 39.5 Å². The van der Waals surface area contributed by atoms with E-state index in [2.05, 4.69) is 13.8 Å². The van der Waals surface area contributed by atoms with E-state index in [1.807, 2.05) is 0 Å². The van der Waals surface area contributed by atoms with Crippen LogP contribution in [0.15, 0.2) is 18.2 Å². The summed E-state index contributed by atoms with van der Waals surface area (Å²) in [5.74, 6) is 1.27. The Hall–Kier alpha value is -0.760. The molecule has 1 aliphatic rings. The van der Waals surface area contributed by atoms with Gasteiger partial charge in [0.1, 0.15) is 0 Å². The summed E-state index contributed by atoms with van der Waals surface area (Å²) in [6.07, 6.45) is 4.54. The third-order valence-corrected chi connectivity index (χ3v) is 3.80. The quantitative estimate of drug-likeness (QED) is 0.742. The van der Waals surface area contributed by atoms with Crippen LogP contribution < -0.4 is 4.74 Å². The molecular weight excluding hydrogens is 251 g/mol. The van der Waals surface area contributed by atoms with Gasteiger partial charge in [-0.25, -0.2) is 4.39 Å². The van der Waals surface area contributed by atoms with Crippen molar-refractivity contribution in [1.82, 2.24) is 0 Å². The van der Waals surface area contributed by atoms with Gasteiger partial charge in [0, 0.05) is 0 Å². The first-order valence-corrected chi connectivity index (χ1v) is 7.04. The molecule has 18 heavy (non-hydrogen) atoms. The minimum Gasteiger partial charge on any atom is -0.486 e. The van der Waals surface area contributed by atoms with Gasteiger partial charge in [0.15, 0.2) is 11.6 Å². The molecule has 3 heteroatoms. The van der Waals surface area contributed by atoms with Crippen molar-refractivity contribution < 1.29 is 9.13 Å². The van der Waals surface area contributed by atoms with Crippen LogP contribution in [0.25, 0.3) is 0 Å². The molecule has 0 N–H and O–H groups in total. The van der Waals surface area contributed by atoms with Gasteiger partial charge in [-0.2, -0.15) is 0 Å². The van der Waals surface area contributed by atoms with Gasteiger partial charge in [-0.05, 0) is 49.7 Å². The summed E-state index contributed by atoms with van der Waals surface area (Å²) in [6, 6.07) is 4.66. The molecule has 0 aromatic heterocycles. The first-order valence-electron chi connectivity index (χ1n) is 6.67. The zero-order valence-corrected chi connectivity index (χ0v) is 11.7. The molecule has 1 nitrogen and oxygen atoms in total. The second kappa shape index (κ2) is 5.92. The van der Waals surface area contributed by atoms with E-state index in [0.29, 0.717) is 16.9 Å². The fourth-order valence-corrected chi connectivity index (χ4v) is 2.99. The molecular formula is C15H20ClFO. The van der Waals surface area contributed by atoms with Crippen molar-refractivity contribution >= 4 is 11.6 Å². The first-order chi connectivity index (χ1) is 8.56. The highest BCUT2D eigenvalue weighted by molar-refractivity contribution is 6.32. The van der Waals surface area contributed by atoms with Crippen molar-refractivity contribution in [3.63, 3.8) is 0 Å². The first kappa shape index (κ1) is 13.7. The Morgan fingerprint density at radius 2 is 2.17 bits per heavy atom. The van der Waals surface area contributed by atoms with E-state index in [0.717, 1.165) is 12.8 Å². The molecule has 0 bridgehead atoms. The molecule has 0 spiro atoms. The third-order valence-electron chi connectivity index (χ3n) is 3.50. The summed E-state index contributed by atoms with van der Waals surface area (Å²) in [7, 11) is 0. The van der Waals surface area contributed by atoms with Gasteiger partial charge >= 0.3 is 0 Å². The number of hydrogen-bond acceptors (Lipinski definition) is 1. The average Bonchev–Trinajstić information content (AvgIpc) is 2.70. The highest BCUT2D eigenvalue weighted by Gasteiger charge is 2.27. The van der Waals surface area contributed by atoms with E-state index < -0.39 is 0 Å². The fourth-order valence-electron chi connectivity index (χ4n) is 2.78. The molecule has 0 heterocycles. The molecule has 0 radical (unpaired) electrons. The molecule has 1 aromatic rings. The molecule has 100 valence electrons. The van der Waals surface area contributed by atoms with Crippen molar-refractivity contribution in [2.75, 3.05) is 0 Å². The fraction of sp³-hybridized carbons (Fsp3) is 0.600. The van der Waals surface area contributed by atoms with E-state index in [9.17, 15) is 4.39 Å². The van der Waals surface area contributed by atoms with Gasteiger partial charge in [0.25, 0.3) is 0 Å². The normalized spacial score (nSPS) is 23.6. The van der Waals surface area contributed by atoms with Gasteiger partial charge in [-0.15, -0.1) is 0 Å². The Bertz CT molecular complexity index is 385. The second-order valence-electron chi connectivity index (χ2n) is 5.60. The molecule has 0 unspecified atom stereocenters. The lowest BCUT2D eigenvalue weighted by Gasteiger charge is -2.16. The van der Waals surface area contributed by atoms with Gasteiger partial charge in [0.2, 0.25) is 0 Å². The van der Waals surface area contributed by atoms with Crippen molar-refractivity contribution in [3.8, 4) is 5.75 Å². The SMILES string of the molecule is CC(C)C[C@@H]1CC[C@H](Oc2c(F)cccc2Cl)C1. The van der Waals surface area contributed by atoms with E-state index in [1.165, 1.54) is 18.9 Å². The largest absolute Gasteiger partial charge is 0.486 e. The summed E-state index contributed by atoms with van der Waals surface area (Å²) in [5, 5.41) is 0.363. The minimum atomic E-state index is -0.366. The lowest BCUT2D eigenvalue weighted by atomic mass is 9.96. The number of para-hydroxylation sites is 1. The maximum atomic E-state index is 13.6. The van der Waals surface area contributed by atoms with Gasteiger partial charge in [0.05, 0.1) is 11.1 Å². The van der Waals surface area contributed by atoms with E-state index in [-0.39, 0.29) is 17.7 Å². The Kier molecular flexibility index (Phi) is 4.50. The molecule has 2 rings (SSSR count). The molecule has 2 atom stereocenters. The van der Waals surface area contributed by atoms with Gasteiger partial charge in [-0.1, -0.05) is 31.5 Å². The summed E-state index contributed by atoms with van der Waals surface area (Å²) >= 11 is 5.96. The number of hydrogen-bond donors (Lipinski definition) is 0. The maximum Gasteiger partial charge on any atom is 0.173 e. The number of halogens is 2. The van der Waals surface area contributed by atoms with E-state index in [4.69, 9.17) is 16.3 Å². The van der Waals surface area contributed by atoms with Crippen molar-refractivity contribution in [2.24, 2.45) is 11.8 Å². The maximum absolute atomic E-state index is 13.6. The highest BCUT2D eigenvalue weighted by atomic mass is 35.5.